The first-order chi connectivity index (χ1) is 10.5. The van der Waals surface area contributed by atoms with Gasteiger partial charge in [-0.15, -0.1) is 0 Å². The molecule has 0 fully saturated rings. The Kier molecular flexibility index (Phi) is 4.75. The standard InChI is InChI=1S/C15H15ClO5S2/c1-10-4-6-13(12(16)8-10)21-14-7-5-11(22(2,17)18)9-15(14)23(3,19)20/h4-9H,1-3H3. The van der Waals surface area contributed by atoms with E-state index in [1.807, 2.05) is 6.92 Å². The summed E-state index contributed by atoms with van der Waals surface area (Å²) < 4.78 is 52.7. The molecule has 23 heavy (non-hydrogen) atoms. The highest BCUT2D eigenvalue weighted by Crippen LogP contribution is 2.34. The molecule has 0 spiro atoms. The first kappa shape index (κ1) is 17.8. The normalized spacial score (nSPS) is 12.2. The van der Waals surface area contributed by atoms with Crippen LogP contribution in [0.1, 0.15) is 5.56 Å². The minimum absolute atomic E-state index is 0.0191. The van der Waals surface area contributed by atoms with Gasteiger partial charge in [-0.2, -0.15) is 0 Å². The molecule has 0 amide bonds. The monoisotopic (exact) mass is 374 g/mol. The fraction of sp³-hybridized carbons (Fsp3) is 0.200. The molecule has 0 aliphatic carbocycles. The molecule has 8 heteroatoms. The Morgan fingerprint density at radius 1 is 0.870 bits per heavy atom. The van der Waals surface area contributed by atoms with Crippen molar-refractivity contribution in [3.63, 3.8) is 0 Å². The van der Waals surface area contributed by atoms with Crippen molar-refractivity contribution in [1.29, 1.82) is 0 Å². The molecule has 0 heterocycles. The third-order valence-corrected chi connectivity index (χ3v) is 5.57. The summed E-state index contributed by atoms with van der Waals surface area (Å²) in [4.78, 5) is -0.308. The van der Waals surface area contributed by atoms with Crippen LogP contribution in [0.4, 0.5) is 0 Å². The lowest BCUT2D eigenvalue weighted by atomic mass is 10.2. The Morgan fingerprint density at radius 3 is 2.00 bits per heavy atom. The van der Waals surface area contributed by atoms with E-state index in [1.165, 1.54) is 12.1 Å². The molecule has 0 atom stereocenters. The quantitative estimate of drug-likeness (QED) is 0.820. The van der Waals surface area contributed by atoms with E-state index in [0.29, 0.717) is 5.02 Å². The van der Waals surface area contributed by atoms with Crippen molar-refractivity contribution in [3.8, 4) is 11.5 Å². The van der Waals surface area contributed by atoms with Gasteiger partial charge in [0.25, 0.3) is 0 Å². The van der Waals surface area contributed by atoms with Crippen LogP contribution in [0.3, 0.4) is 0 Å². The maximum atomic E-state index is 12.0. The molecule has 5 nitrogen and oxygen atoms in total. The molecule has 2 aromatic carbocycles. The number of rotatable bonds is 4. The van der Waals surface area contributed by atoms with Crippen LogP contribution in [-0.2, 0) is 19.7 Å². The van der Waals surface area contributed by atoms with Crippen molar-refractivity contribution in [2.75, 3.05) is 12.5 Å². The van der Waals surface area contributed by atoms with Gasteiger partial charge in [0.1, 0.15) is 16.4 Å². The van der Waals surface area contributed by atoms with Gasteiger partial charge in [-0.05, 0) is 42.8 Å². The van der Waals surface area contributed by atoms with Gasteiger partial charge in [0.2, 0.25) is 0 Å². The van der Waals surface area contributed by atoms with Gasteiger partial charge < -0.3 is 4.74 Å². The molecule has 0 aliphatic heterocycles. The largest absolute Gasteiger partial charge is 0.454 e. The zero-order chi connectivity index (χ0) is 17.4. The fourth-order valence-corrected chi connectivity index (χ4v) is 3.71. The summed E-state index contributed by atoms with van der Waals surface area (Å²) in [5.74, 6) is 0.305. The van der Waals surface area contributed by atoms with Gasteiger partial charge in [0.05, 0.1) is 9.92 Å². The van der Waals surface area contributed by atoms with Crippen LogP contribution in [0.25, 0.3) is 0 Å². The van der Waals surface area contributed by atoms with Crippen molar-refractivity contribution in [1.82, 2.24) is 0 Å². The molecule has 0 saturated carbocycles. The predicted molar refractivity (Wildman–Crippen MR) is 88.9 cm³/mol. The highest BCUT2D eigenvalue weighted by molar-refractivity contribution is 7.91. The van der Waals surface area contributed by atoms with Crippen molar-refractivity contribution in [2.45, 2.75) is 16.7 Å². The van der Waals surface area contributed by atoms with Crippen molar-refractivity contribution in [2.24, 2.45) is 0 Å². The first-order valence-corrected chi connectivity index (χ1v) is 10.6. The Balaban J connectivity index is 2.58. The zero-order valence-electron chi connectivity index (χ0n) is 12.7. The second-order valence-corrected chi connectivity index (χ2v) is 9.60. The van der Waals surface area contributed by atoms with Crippen LogP contribution in [0.15, 0.2) is 46.2 Å². The summed E-state index contributed by atoms with van der Waals surface area (Å²) in [5.41, 5.74) is 0.929. The molecule has 2 aromatic rings. The first-order valence-electron chi connectivity index (χ1n) is 6.46. The average Bonchev–Trinajstić information content (AvgIpc) is 2.40. The molecule has 2 rings (SSSR count). The van der Waals surface area contributed by atoms with Crippen molar-refractivity contribution < 1.29 is 21.6 Å². The number of aryl methyl sites for hydroxylation is 1. The number of hydrogen-bond acceptors (Lipinski definition) is 5. The minimum atomic E-state index is -3.69. The molecule has 0 saturated heterocycles. The summed E-state index contributed by atoms with van der Waals surface area (Å²) in [6.45, 7) is 1.86. The molecule has 0 unspecified atom stereocenters. The van der Waals surface area contributed by atoms with E-state index in [-0.39, 0.29) is 21.3 Å². The molecule has 0 aliphatic rings. The summed E-state index contributed by atoms with van der Waals surface area (Å²) >= 11 is 6.08. The minimum Gasteiger partial charge on any atom is -0.454 e. The number of halogens is 1. The average molecular weight is 375 g/mol. The zero-order valence-corrected chi connectivity index (χ0v) is 15.1. The van der Waals surface area contributed by atoms with Crippen LogP contribution in [0.2, 0.25) is 5.02 Å². The lowest BCUT2D eigenvalue weighted by Crippen LogP contribution is -2.04. The third-order valence-electron chi connectivity index (χ3n) is 3.05. The van der Waals surface area contributed by atoms with Gasteiger partial charge >= 0.3 is 0 Å². The lowest BCUT2D eigenvalue weighted by Gasteiger charge is -2.12. The van der Waals surface area contributed by atoms with Gasteiger partial charge in [-0.25, -0.2) is 16.8 Å². The summed E-state index contributed by atoms with van der Waals surface area (Å²) in [6.07, 6.45) is 1.99. The van der Waals surface area contributed by atoms with Crippen LogP contribution >= 0.6 is 11.6 Å². The van der Waals surface area contributed by atoms with E-state index in [9.17, 15) is 16.8 Å². The van der Waals surface area contributed by atoms with Gasteiger partial charge in [-0.1, -0.05) is 17.7 Å². The van der Waals surface area contributed by atoms with Gasteiger partial charge in [0, 0.05) is 12.5 Å². The summed E-state index contributed by atoms with van der Waals surface area (Å²) in [5, 5.41) is 0.330. The molecule has 124 valence electrons. The fourth-order valence-electron chi connectivity index (χ4n) is 1.90. The molecule has 0 aromatic heterocycles. The Hall–Kier alpha value is -1.57. The molecule has 0 radical (unpaired) electrons. The van der Waals surface area contributed by atoms with Crippen LogP contribution in [-0.4, -0.2) is 29.3 Å². The highest BCUT2D eigenvalue weighted by Gasteiger charge is 2.20. The van der Waals surface area contributed by atoms with Crippen LogP contribution < -0.4 is 4.74 Å². The van der Waals surface area contributed by atoms with E-state index in [0.717, 1.165) is 24.1 Å². The topological polar surface area (TPSA) is 77.5 Å². The Labute approximate surface area is 140 Å². The number of benzene rings is 2. The van der Waals surface area contributed by atoms with Crippen LogP contribution in [0.5, 0.6) is 11.5 Å². The van der Waals surface area contributed by atoms with Crippen molar-refractivity contribution in [3.05, 3.63) is 47.0 Å². The molecular weight excluding hydrogens is 360 g/mol. The SMILES string of the molecule is Cc1ccc(Oc2ccc(S(C)(=O)=O)cc2S(C)(=O)=O)c(Cl)c1. The Morgan fingerprint density at radius 2 is 1.48 bits per heavy atom. The van der Waals surface area contributed by atoms with E-state index < -0.39 is 19.7 Å². The van der Waals surface area contributed by atoms with Gasteiger partial charge in [-0.3, -0.25) is 0 Å². The number of sulfone groups is 2. The number of ether oxygens (including phenoxy) is 1. The molecule has 0 bridgehead atoms. The second kappa shape index (κ2) is 6.14. The van der Waals surface area contributed by atoms with Crippen molar-refractivity contribution >= 4 is 31.3 Å². The maximum Gasteiger partial charge on any atom is 0.179 e. The van der Waals surface area contributed by atoms with E-state index in [4.69, 9.17) is 16.3 Å². The van der Waals surface area contributed by atoms with Crippen LogP contribution in [0, 0.1) is 6.92 Å². The third kappa shape index (κ3) is 4.25. The van der Waals surface area contributed by atoms with E-state index in [2.05, 4.69) is 0 Å². The van der Waals surface area contributed by atoms with Gasteiger partial charge in [0.15, 0.2) is 19.7 Å². The predicted octanol–water partition coefficient (Wildman–Crippen LogP) is 3.25. The molecular formula is C15H15ClO5S2. The summed E-state index contributed by atoms with van der Waals surface area (Å²) in [6, 6.07) is 8.76. The second-order valence-electron chi connectivity index (χ2n) is 5.19. The summed E-state index contributed by atoms with van der Waals surface area (Å²) in [7, 11) is -7.22. The maximum absolute atomic E-state index is 12.0. The smallest absolute Gasteiger partial charge is 0.179 e. The van der Waals surface area contributed by atoms with E-state index in [1.54, 1.807) is 18.2 Å². The Bertz CT molecular complexity index is 963. The highest BCUT2D eigenvalue weighted by atomic mass is 35.5. The molecule has 0 N–H and O–H groups in total. The number of hydrogen-bond donors (Lipinski definition) is 0. The lowest BCUT2D eigenvalue weighted by molar-refractivity contribution is 0.467. The van der Waals surface area contributed by atoms with E-state index >= 15 is 0 Å².